The number of nitrogens with zero attached hydrogens (tertiary/aromatic N) is 3. The van der Waals surface area contributed by atoms with E-state index in [1.165, 1.54) is 0 Å². The van der Waals surface area contributed by atoms with E-state index in [0.717, 1.165) is 5.56 Å². The molecule has 0 N–H and O–H groups in total. The van der Waals surface area contributed by atoms with Gasteiger partial charge in [-0.05, 0) is 43.5 Å². The number of para-hydroxylation sites is 1. The fraction of sp³-hybridized carbons (Fsp3) is 0.308. The molecule has 3 aromatic rings. The summed E-state index contributed by atoms with van der Waals surface area (Å²) in [6, 6.07) is 17.1. The van der Waals surface area contributed by atoms with E-state index in [9.17, 15) is 9.59 Å². The van der Waals surface area contributed by atoms with Crippen molar-refractivity contribution in [1.29, 1.82) is 0 Å². The van der Waals surface area contributed by atoms with Gasteiger partial charge in [0, 0.05) is 19.2 Å². The first kappa shape index (κ1) is 23.2. The first-order chi connectivity index (χ1) is 16.6. The first-order valence-corrected chi connectivity index (χ1v) is 11.4. The molecule has 2 heterocycles. The van der Waals surface area contributed by atoms with Crippen LogP contribution in [0.1, 0.15) is 31.2 Å². The van der Waals surface area contributed by atoms with Crippen molar-refractivity contribution in [1.82, 2.24) is 15.0 Å². The van der Waals surface area contributed by atoms with Gasteiger partial charge in [0.25, 0.3) is 5.89 Å². The Morgan fingerprint density at radius 1 is 1.09 bits per heavy atom. The summed E-state index contributed by atoms with van der Waals surface area (Å²) in [4.78, 5) is 31.0. The van der Waals surface area contributed by atoms with Crippen LogP contribution in [0.5, 0.6) is 5.75 Å². The van der Waals surface area contributed by atoms with Crippen molar-refractivity contribution in [2.24, 2.45) is 5.92 Å². The molecule has 1 saturated heterocycles. The Labute approximate surface area is 198 Å². The molecule has 0 unspecified atom stereocenters. The molecule has 2 aromatic carbocycles. The van der Waals surface area contributed by atoms with Gasteiger partial charge in [0.15, 0.2) is 6.61 Å². The van der Waals surface area contributed by atoms with E-state index >= 15 is 0 Å². The summed E-state index contributed by atoms with van der Waals surface area (Å²) < 4.78 is 16.3. The second-order valence-corrected chi connectivity index (χ2v) is 7.89. The number of esters is 1. The molecule has 176 valence electrons. The molecule has 0 spiro atoms. The van der Waals surface area contributed by atoms with E-state index < -0.39 is 0 Å². The van der Waals surface area contributed by atoms with Gasteiger partial charge in [-0.1, -0.05) is 47.6 Å². The van der Waals surface area contributed by atoms with Crippen molar-refractivity contribution in [2.45, 2.75) is 26.4 Å². The summed E-state index contributed by atoms with van der Waals surface area (Å²) in [7, 11) is 0. The average molecular weight is 462 g/mol. The molecule has 34 heavy (non-hydrogen) atoms. The Morgan fingerprint density at radius 3 is 2.59 bits per heavy atom. The van der Waals surface area contributed by atoms with Crippen molar-refractivity contribution in [3.05, 3.63) is 72.1 Å². The second kappa shape index (κ2) is 11.3. The van der Waals surface area contributed by atoms with Crippen LogP contribution in [0.15, 0.2) is 65.2 Å². The van der Waals surface area contributed by atoms with Gasteiger partial charge in [-0.25, -0.2) is 0 Å². The normalized spacial score (nSPS) is 14.3. The molecule has 0 saturated carbocycles. The van der Waals surface area contributed by atoms with Gasteiger partial charge >= 0.3 is 5.97 Å². The first-order valence-electron chi connectivity index (χ1n) is 11.4. The molecule has 1 aromatic heterocycles. The highest BCUT2D eigenvalue weighted by molar-refractivity contribution is 5.92. The summed E-state index contributed by atoms with van der Waals surface area (Å²) in [6.45, 7) is 3.35. The molecule has 1 aliphatic rings. The SMILES string of the molecule is CCOc1ccccc1-c1noc(COC(=O)C2CCN(C(=O)/C=C/c3ccccc3)CC2)n1. The van der Waals surface area contributed by atoms with Gasteiger partial charge in [0.2, 0.25) is 11.7 Å². The molecule has 0 aliphatic carbocycles. The minimum Gasteiger partial charge on any atom is -0.493 e. The number of benzene rings is 2. The highest BCUT2D eigenvalue weighted by atomic mass is 16.6. The number of ether oxygens (including phenoxy) is 2. The molecule has 4 rings (SSSR count). The summed E-state index contributed by atoms with van der Waals surface area (Å²) in [5.41, 5.74) is 1.68. The topological polar surface area (TPSA) is 94.8 Å². The lowest BCUT2D eigenvalue weighted by atomic mass is 9.97. The number of aromatic nitrogens is 2. The van der Waals surface area contributed by atoms with Gasteiger partial charge in [-0.15, -0.1) is 0 Å². The largest absolute Gasteiger partial charge is 0.493 e. The molecule has 0 atom stereocenters. The fourth-order valence-corrected chi connectivity index (χ4v) is 3.78. The summed E-state index contributed by atoms with van der Waals surface area (Å²) in [6.07, 6.45) is 4.49. The molecule has 0 radical (unpaired) electrons. The Bertz CT molecular complexity index is 1130. The van der Waals surface area contributed by atoms with Crippen molar-refractivity contribution >= 4 is 18.0 Å². The number of piperidine rings is 1. The van der Waals surface area contributed by atoms with E-state index in [2.05, 4.69) is 10.1 Å². The maximum Gasteiger partial charge on any atom is 0.309 e. The van der Waals surface area contributed by atoms with Crippen molar-refractivity contribution in [3.63, 3.8) is 0 Å². The average Bonchev–Trinajstić information content (AvgIpc) is 3.36. The Kier molecular flexibility index (Phi) is 7.70. The number of likely N-dealkylation sites (tertiary alicyclic amines) is 1. The number of hydrogen-bond donors (Lipinski definition) is 0. The fourth-order valence-electron chi connectivity index (χ4n) is 3.78. The van der Waals surface area contributed by atoms with Gasteiger partial charge in [-0.3, -0.25) is 9.59 Å². The lowest BCUT2D eigenvalue weighted by molar-refractivity contribution is -0.153. The smallest absolute Gasteiger partial charge is 0.309 e. The minimum absolute atomic E-state index is 0.0543. The van der Waals surface area contributed by atoms with Gasteiger partial charge < -0.3 is 18.9 Å². The van der Waals surface area contributed by atoms with Crippen LogP contribution in [0, 0.1) is 5.92 Å². The van der Waals surface area contributed by atoms with Crippen LogP contribution in [0.4, 0.5) is 0 Å². The number of hydrogen-bond acceptors (Lipinski definition) is 7. The lowest BCUT2D eigenvalue weighted by Gasteiger charge is -2.30. The van der Waals surface area contributed by atoms with Crippen LogP contribution in [0.25, 0.3) is 17.5 Å². The lowest BCUT2D eigenvalue weighted by Crippen LogP contribution is -2.39. The molecular weight excluding hydrogens is 434 g/mol. The molecular formula is C26H27N3O5. The van der Waals surface area contributed by atoms with Crippen LogP contribution < -0.4 is 4.74 Å². The molecule has 1 aliphatic heterocycles. The second-order valence-electron chi connectivity index (χ2n) is 7.89. The third-order valence-corrected chi connectivity index (χ3v) is 5.59. The highest BCUT2D eigenvalue weighted by Crippen LogP contribution is 2.27. The maximum absolute atomic E-state index is 12.5. The molecule has 8 nitrogen and oxygen atoms in total. The third-order valence-electron chi connectivity index (χ3n) is 5.59. The molecule has 1 amide bonds. The van der Waals surface area contributed by atoms with Gasteiger partial charge in [0.1, 0.15) is 5.75 Å². The summed E-state index contributed by atoms with van der Waals surface area (Å²) >= 11 is 0. The zero-order valence-electron chi connectivity index (χ0n) is 19.1. The Balaban J connectivity index is 1.25. The van der Waals surface area contributed by atoms with Crippen molar-refractivity contribution in [3.8, 4) is 17.1 Å². The molecule has 0 bridgehead atoms. The predicted molar refractivity (Wildman–Crippen MR) is 125 cm³/mol. The maximum atomic E-state index is 12.5. The minimum atomic E-state index is -0.318. The van der Waals surface area contributed by atoms with Crippen LogP contribution in [-0.2, 0) is 20.9 Å². The monoisotopic (exact) mass is 461 g/mol. The van der Waals surface area contributed by atoms with Crippen LogP contribution in [0.3, 0.4) is 0 Å². The highest BCUT2D eigenvalue weighted by Gasteiger charge is 2.28. The zero-order chi connectivity index (χ0) is 23.8. The van der Waals surface area contributed by atoms with Crippen molar-refractivity contribution in [2.75, 3.05) is 19.7 Å². The Hall–Kier alpha value is -3.94. The van der Waals surface area contributed by atoms with Crippen LogP contribution in [-0.4, -0.2) is 46.6 Å². The van der Waals surface area contributed by atoms with E-state index in [-0.39, 0.29) is 30.3 Å². The standard InChI is InChI=1S/C26H27N3O5/c1-2-32-22-11-7-6-10-21(22)25-27-23(34-28-25)18-33-26(31)20-14-16-29(17-15-20)24(30)13-12-19-8-4-3-5-9-19/h3-13,20H,2,14-18H2,1H3/b13-12+. The number of carbonyl (C=O) groups is 2. The quantitative estimate of drug-likeness (QED) is 0.368. The Morgan fingerprint density at radius 2 is 1.82 bits per heavy atom. The van der Waals surface area contributed by atoms with Crippen LogP contribution in [0.2, 0.25) is 0 Å². The van der Waals surface area contributed by atoms with E-state index in [0.29, 0.717) is 49.7 Å². The molecule has 1 fully saturated rings. The van der Waals surface area contributed by atoms with Gasteiger partial charge in [0.05, 0.1) is 18.1 Å². The summed E-state index contributed by atoms with van der Waals surface area (Å²) in [5.74, 6) is 0.624. The number of carbonyl (C=O) groups excluding carboxylic acids is 2. The predicted octanol–water partition coefficient (Wildman–Crippen LogP) is 4.13. The number of rotatable bonds is 8. The van der Waals surface area contributed by atoms with Crippen LogP contribution >= 0.6 is 0 Å². The van der Waals surface area contributed by atoms with E-state index in [1.54, 1.807) is 17.1 Å². The molecule has 8 heteroatoms. The third kappa shape index (κ3) is 5.89. The number of amides is 1. The van der Waals surface area contributed by atoms with Gasteiger partial charge in [-0.2, -0.15) is 4.98 Å². The summed E-state index contributed by atoms with van der Waals surface area (Å²) in [5, 5.41) is 3.98. The van der Waals surface area contributed by atoms with E-state index in [1.807, 2.05) is 61.5 Å². The zero-order valence-corrected chi connectivity index (χ0v) is 19.1. The van der Waals surface area contributed by atoms with E-state index in [4.69, 9.17) is 14.0 Å². The van der Waals surface area contributed by atoms with Crippen molar-refractivity contribution < 1.29 is 23.6 Å².